The fourth-order valence-electron chi connectivity index (χ4n) is 1.34. The van der Waals surface area contributed by atoms with E-state index in [4.69, 9.17) is 11.5 Å². The van der Waals surface area contributed by atoms with E-state index in [1.54, 1.807) is 0 Å². The summed E-state index contributed by atoms with van der Waals surface area (Å²) < 4.78 is 0. The van der Waals surface area contributed by atoms with E-state index in [1.807, 2.05) is 0 Å². The molecule has 96 valence electrons. The van der Waals surface area contributed by atoms with Crippen LogP contribution in [0.25, 0.3) is 0 Å². The molecule has 0 rings (SSSR count). The van der Waals surface area contributed by atoms with E-state index in [1.165, 1.54) is 0 Å². The lowest BCUT2D eigenvalue weighted by Crippen LogP contribution is -2.07. The number of unbranched alkanes of at least 4 members (excludes halogenated alkanes) is 4. The molecule has 0 aromatic heterocycles. The number of aliphatic hydroxyl groups excluding tert-OH is 1. The number of ketones is 1. The molecule has 0 aliphatic rings. The molecule has 5 nitrogen and oxygen atoms in total. The average molecular weight is 240 g/mol. The molecule has 0 bridgehead atoms. The number of nitrogens with zero attached hydrogens (tertiary/aromatic N) is 2. The van der Waals surface area contributed by atoms with Crippen molar-refractivity contribution in [2.45, 2.75) is 38.5 Å². The topological polar surface area (TPSA) is 75.7 Å². The molecule has 0 fully saturated rings. The molecular weight excluding hydrogens is 220 g/mol. The van der Waals surface area contributed by atoms with Gasteiger partial charge in [0.2, 0.25) is 12.3 Å². The molecule has 0 saturated heterocycles. The number of rotatable bonds is 10. The van der Waals surface area contributed by atoms with Gasteiger partial charge in [0, 0.05) is 6.42 Å². The van der Waals surface area contributed by atoms with Gasteiger partial charge in [-0.2, -0.15) is 0 Å². The summed E-state index contributed by atoms with van der Waals surface area (Å²) in [5.41, 5.74) is 0. The van der Waals surface area contributed by atoms with E-state index < -0.39 is 0 Å². The number of azo groups is 1. The van der Waals surface area contributed by atoms with Crippen LogP contribution in [0.2, 0.25) is 0 Å². The molecule has 0 saturated carbocycles. The highest BCUT2D eigenvalue weighted by atomic mass is 16.5. The molecule has 0 unspecified atom stereocenters. The Kier molecular flexibility index (Phi) is 10.2. The first-order valence-electron chi connectivity index (χ1n) is 5.93. The maximum absolute atomic E-state index is 10.8. The standard InChI is InChI=1S/C12H20N2O3/c1-2-12(16)8-6-4-3-5-7-9-13-14(17)10-11-15/h1,15H,3-11H2. The predicted molar refractivity (Wildman–Crippen MR) is 64.4 cm³/mol. The normalized spacial score (nSPS) is 11.2. The molecule has 1 N–H and O–H groups in total. The molecule has 0 aromatic rings. The second kappa shape index (κ2) is 11.1. The van der Waals surface area contributed by atoms with Gasteiger partial charge in [0.05, 0.1) is 0 Å². The lowest BCUT2D eigenvalue weighted by Gasteiger charge is -1.99. The predicted octanol–water partition coefficient (Wildman–Crippen LogP) is 1.48. The monoisotopic (exact) mass is 240 g/mol. The maximum atomic E-state index is 10.8. The highest BCUT2D eigenvalue weighted by molar-refractivity contribution is 5.94. The van der Waals surface area contributed by atoms with Crippen LogP contribution in [0.1, 0.15) is 38.5 Å². The lowest BCUT2D eigenvalue weighted by molar-refractivity contribution is -0.532. The second-order valence-electron chi connectivity index (χ2n) is 3.75. The van der Waals surface area contributed by atoms with Crippen LogP contribution in [0.15, 0.2) is 5.11 Å². The third-order valence-electron chi connectivity index (χ3n) is 2.27. The molecule has 0 amide bonds. The van der Waals surface area contributed by atoms with Crippen LogP contribution in [0.5, 0.6) is 0 Å². The Hall–Kier alpha value is -1.41. The van der Waals surface area contributed by atoms with Crippen molar-refractivity contribution in [3.8, 4) is 12.3 Å². The fraction of sp³-hybridized carbons (Fsp3) is 0.750. The quantitative estimate of drug-likeness (QED) is 0.157. The first-order valence-corrected chi connectivity index (χ1v) is 5.93. The van der Waals surface area contributed by atoms with E-state index in [-0.39, 0.29) is 18.9 Å². The van der Waals surface area contributed by atoms with Gasteiger partial charge >= 0.3 is 0 Å². The van der Waals surface area contributed by atoms with E-state index in [0.717, 1.165) is 32.1 Å². The molecule has 17 heavy (non-hydrogen) atoms. The van der Waals surface area contributed by atoms with Gasteiger partial charge in [-0.3, -0.25) is 4.79 Å². The molecular formula is C12H20N2O3. The lowest BCUT2D eigenvalue weighted by atomic mass is 10.1. The first-order chi connectivity index (χ1) is 8.20. The Bertz CT molecular complexity index is 282. The summed E-state index contributed by atoms with van der Waals surface area (Å²) >= 11 is 0. The van der Waals surface area contributed by atoms with E-state index >= 15 is 0 Å². The molecule has 0 atom stereocenters. The van der Waals surface area contributed by atoms with E-state index in [2.05, 4.69) is 11.0 Å². The number of hydrogen-bond donors (Lipinski definition) is 1. The minimum atomic E-state index is -0.170. The number of aliphatic hydroxyl groups is 1. The van der Waals surface area contributed by atoms with Crippen molar-refractivity contribution in [1.29, 1.82) is 0 Å². The smallest absolute Gasteiger partial charge is 0.205 e. The first kappa shape index (κ1) is 15.6. The van der Waals surface area contributed by atoms with Gasteiger partial charge in [-0.15, -0.1) is 6.42 Å². The van der Waals surface area contributed by atoms with Crippen LogP contribution in [0.3, 0.4) is 0 Å². The van der Waals surface area contributed by atoms with Crippen LogP contribution in [0, 0.1) is 17.6 Å². The van der Waals surface area contributed by atoms with Gasteiger partial charge < -0.3 is 10.3 Å². The van der Waals surface area contributed by atoms with Gasteiger partial charge in [0.25, 0.3) is 0 Å². The minimum absolute atomic E-state index is 0.0359. The number of terminal acetylenes is 1. The maximum Gasteiger partial charge on any atom is 0.205 e. The molecule has 0 spiro atoms. The zero-order chi connectivity index (χ0) is 12.9. The van der Waals surface area contributed by atoms with Crippen molar-refractivity contribution in [2.24, 2.45) is 5.11 Å². The Morgan fingerprint density at radius 2 is 1.94 bits per heavy atom. The van der Waals surface area contributed by atoms with Gasteiger partial charge in [-0.25, -0.2) is 0 Å². The van der Waals surface area contributed by atoms with Crippen LogP contribution in [0.4, 0.5) is 0 Å². The number of Topliss-reactive ketones (excluding diaryl/α,β-unsaturated/α-hetero) is 1. The van der Waals surface area contributed by atoms with E-state index in [9.17, 15) is 10.0 Å². The summed E-state index contributed by atoms with van der Waals surface area (Å²) in [5.74, 6) is 1.95. The summed E-state index contributed by atoms with van der Waals surface area (Å²) in [5, 5.41) is 23.0. The van der Waals surface area contributed by atoms with Gasteiger partial charge in [-0.05, 0) is 23.9 Å². The Labute approximate surface area is 102 Å². The third-order valence-corrected chi connectivity index (χ3v) is 2.27. The number of hydrogen-bond acceptors (Lipinski definition) is 4. The number of carbonyl (C=O) groups is 1. The molecule has 0 aromatic carbocycles. The summed E-state index contributed by atoms with van der Waals surface area (Å²) in [4.78, 5) is 11.3. The zero-order valence-corrected chi connectivity index (χ0v) is 10.1. The highest BCUT2D eigenvalue weighted by Gasteiger charge is 1.97. The van der Waals surface area contributed by atoms with E-state index in [0.29, 0.717) is 17.8 Å². The average Bonchev–Trinajstić information content (AvgIpc) is 2.32. The third kappa shape index (κ3) is 10.9. The summed E-state index contributed by atoms with van der Waals surface area (Å²) in [6.07, 6.45) is 10.1. The van der Waals surface area contributed by atoms with Crippen molar-refractivity contribution < 1.29 is 14.8 Å². The Morgan fingerprint density at radius 1 is 1.29 bits per heavy atom. The SMILES string of the molecule is C#CC(=O)CCCCCCCN=[N+]([O-])CCO. The largest absolute Gasteiger partial charge is 0.600 e. The Balaban J connectivity index is 3.27. The Morgan fingerprint density at radius 3 is 2.59 bits per heavy atom. The fourth-order valence-corrected chi connectivity index (χ4v) is 1.34. The van der Waals surface area contributed by atoms with Gasteiger partial charge in [0.15, 0.2) is 0 Å². The van der Waals surface area contributed by atoms with Crippen molar-refractivity contribution in [3.63, 3.8) is 0 Å². The van der Waals surface area contributed by atoms with Gasteiger partial charge in [0.1, 0.15) is 13.2 Å². The molecule has 0 aliphatic heterocycles. The van der Waals surface area contributed by atoms with Crippen molar-refractivity contribution in [1.82, 2.24) is 0 Å². The number of hydroxylamine groups is 1. The van der Waals surface area contributed by atoms with Crippen LogP contribution in [-0.2, 0) is 4.79 Å². The van der Waals surface area contributed by atoms with Crippen LogP contribution in [-0.4, -0.2) is 35.4 Å². The number of carbonyl (C=O) groups excluding carboxylic acids is 1. The summed E-state index contributed by atoms with van der Waals surface area (Å²) in [7, 11) is 0. The van der Waals surface area contributed by atoms with Crippen LogP contribution >= 0.6 is 0 Å². The van der Waals surface area contributed by atoms with Crippen molar-refractivity contribution >= 4 is 5.78 Å². The molecule has 0 radical (unpaired) electrons. The summed E-state index contributed by atoms with van der Waals surface area (Å²) in [6.45, 7) is 0.358. The highest BCUT2D eigenvalue weighted by Crippen LogP contribution is 2.05. The summed E-state index contributed by atoms with van der Waals surface area (Å²) in [6, 6.07) is 0. The van der Waals surface area contributed by atoms with Crippen molar-refractivity contribution in [3.05, 3.63) is 5.21 Å². The molecule has 0 heterocycles. The molecule has 5 heteroatoms. The van der Waals surface area contributed by atoms with Crippen LogP contribution < -0.4 is 0 Å². The molecule has 0 aliphatic carbocycles. The van der Waals surface area contributed by atoms with Crippen molar-refractivity contribution in [2.75, 3.05) is 19.7 Å². The second-order valence-corrected chi connectivity index (χ2v) is 3.75. The zero-order valence-electron chi connectivity index (χ0n) is 10.1. The van der Waals surface area contributed by atoms with Gasteiger partial charge in [-0.1, -0.05) is 24.1 Å². The minimum Gasteiger partial charge on any atom is -0.600 e.